The van der Waals surface area contributed by atoms with Gasteiger partial charge in [0.15, 0.2) is 0 Å². The molecule has 1 unspecified atom stereocenters. The highest BCUT2D eigenvalue weighted by Crippen LogP contribution is 2.38. The first-order valence-corrected chi connectivity index (χ1v) is 13.1. The van der Waals surface area contributed by atoms with Crippen LogP contribution in [0.2, 0.25) is 0 Å². The number of aliphatic hydroxyl groups excluding tert-OH is 6. The minimum absolute atomic E-state index is 0.0278. The summed E-state index contributed by atoms with van der Waals surface area (Å²) in [6, 6.07) is 0. The van der Waals surface area contributed by atoms with Gasteiger partial charge in [0, 0.05) is 16.7 Å². The molecule has 0 aromatic heterocycles. The molecule has 15 heteroatoms. The van der Waals surface area contributed by atoms with Gasteiger partial charge in [-0.2, -0.15) is 0 Å². The third-order valence-corrected chi connectivity index (χ3v) is 7.65. The summed E-state index contributed by atoms with van der Waals surface area (Å²) in [6.45, 7) is -3.35. The Morgan fingerprint density at radius 2 is 1.21 bits per heavy atom. The number of anilines is 1. The number of benzene rings is 1. The first kappa shape index (κ1) is 31.6. The minimum Gasteiger partial charge on any atom is -0.395 e. The molecule has 8 N–H and O–H groups in total. The Kier molecular flexibility index (Phi) is 14.5. The second kappa shape index (κ2) is 15.6. The smallest absolute Gasteiger partial charge is 0.253 e. The van der Waals surface area contributed by atoms with Crippen molar-refractivity contribution >= 4 is 91.2 Å². The Morgan fingerprint density at radius 3 is 1.56 bits per heavy atom. The maximum Gasteiger partial charge on any atom is 0.253 e. The highest BCUT2D eigenvalue weighted by Gasteiger charge is 2.34. The molecule has 192 valence electrons. The molecule has 1 aromatic carbocycles. The molecule has 1 atom stereocenters. The Labute approximate surface area is 236 Å². The van der Waals surface area contributed by atoms with Gasteiger partial charge in [0.05, 0.1) is 75.6 Å². The van der Waals surface area contributed by atoms with E-state index in [9.17, 15) is 34.8 Å². The van der Waals surface area contributed by atoms with E-state index in [2.05, 4.69) is 10.6 Å². The molecule has 0 radical (unpaired) electrons. The third-order valence-electron chi connectivity index (χ3n) is 4.47. The van der Waals surface area contributed by atoms with E-state index in [4.69, 9.17) is 10.2 Å². The van der Waals surface area contributed by atoms with Crippen molar-refractivity contribution in [1.29, 1.82) is 0 Å². The van der Waals surface area contributed by atoms with Gasteiger partial charge in [0.25, 0.3) is 11.8 Å². The number of amides is 3. The normalized spacial score (nSPS) is 11.9. The zero-order valence-corrected chi connectivity index (χ0v) is 24.3. The van der Waals surface area contributed by atoms with Gasteiger partial charge >= 0.3 is 0 Å². The standard InChI is InChI=1S/C19H26I3N3O9/c20-13-11(17(32)23-1-3-26)14(21)16(15(22)12(13)18(33)24-2-4-27)25(5-10(31)8-30)19(34)9(6-28)7-29/h9-10,26-31H,1-8H2,(H,23,32)(H,24,33). The first-order chi connectivity index (χ1) is 16.1. The topological polar surface area (TPSA) is 200 Å². The lowest BCUT2D eigenvalue weighted by Gasteiger charge is -2.31. The van der Waals surface area contributed by atoms with E-state index in [0.717, 1.165) is 4.90 Å². The molecule has 12 nitrogen and oxygen atoms in total. The summed E-state index contributed by atoms with van der Waals surface area (Å²) in [5, 5.41) is 61.7. The zero-order valence-electron chi connectivity index (χ0n) is 17.8. The van der Waals surface area contributed by atoms with E-state index in [1.807, 2.05) is 67.8 Å². The Morgan fingerprint density at radius 1 is 0.765 bits per heavy atom. The van der Waals surface area contributed by atoms with Crippen molar-refractivity contribution in [2.75, 3.05) is 57.6 Å². The molecule has 0 heterocycles. The Hall–Kier alpha value is -0.420. The van der Waals surface area contributed by atoms with Crippen LogP contribution in [0.1, 0.15) is 20.7 Å². The molecule has 34 heavy (non-hydrogen) atoms. The summed E-state index contributed by atoms with van der Waals surface area (Å²) in [5.41, 5.74) is 0.120. The molecule has 0 aliphatic heterocycles. The molecule has 0 saturated heterocycles. The van der Waals surface area contributed by atoms with Crippen LogP contribution in [0.15, 0.2) is 0 Å². The molecule has 0 fully saturated rings. The van der Waals surface area contributed by atoms with Crippen molar-refractivity contribution in [2.24, 2.45) is 5.92 Å². The highest BCUT2D eigenvalue weighted by molar-refractivity contribution is 14.1. The number of nitrogens with zero attached hydrogens (tertiary/aromatic N) is 1. The zero-order chi connectivity index (χ0) is 26.0. The molecular formula is C19H26I3N3O9. The van der Waals surface area contributed by atoms with E-state index in [0.29, 0.717) is 0 Å². The van der Waals surface area contributed by atoms with Crippen molar-refractivity contribution in [2.45, 2.75) is 6.10 Å². The minimum atomic E-state index is -1.40. The SMILES string of the molecule is O=C(NCCO)c1c(I)c(C(=O)NCCO)c(I)c(N(CC(O)CO)C(=O)C(CO)CO)c1I. The largest absolute Gasteiger partial charge is 0.395 e. The summed E-state index contributed by atoms with van der Waals surface area (Å²) in [5.74, 6) is -3.31. The van der Waals surface area contributed by atoms with Gasteiger partial charge in [-0.1, -0.05) is 0 Å². The number of nitrogens with one attached hydrogen (secondary N) is 2. The summed E-state index contributed by atoms with van der Waals surface area (Å²) < 4.78 is 0.708. The lowest BCUT2D eigenvalue weighted by Crippen LogP contribution is -2.45. The van der Waals surface area contributed by atoms with Crippen LogP contribution in [-0.2, 0) is 4.79 Å². The van der Waals surface area contributed by atoms with Crippen LogP contribution in [0, 0.1) is 16.6 Å². The number of rotatable bonds is 13. The fraction of sp³-hybridized carbons (Fsp3) is 0.526. The van der Waals surface area contributed by atoms with Crippen molar-refractivity contribution in [3.63, 3.8) is 0 Å². The summed E-state index contributed by atoms with van der Waals surface area (Å²) in [4.78, 5) is 40.1. The van der Waals surface area contributed by atoms with Crippen LogP contribution in [0.5, 0.6) is 0 Å². The van der Waals surface area contributed by atoms with Crippen LogP contribution in [0.4, 0.5) is 5.69 Å². The fourth-order valence-corrected chi connectivity index (χ4v) is 7.52. The monoisotopic (exact) mass is 821 g/mol. The van der Waals surface area contributed by atoms with E-state index >= 15 is 0 Å². The third kappa shape index (κ3) is 7.79. The number of hydrogen-bond acceptors (Lipinski definition) is 9. The quantitative estimate of drug-likeness (QED) is 0.106. The van der Waals surface area contributed by atoms with Gasteiger partial charge in [-0.25, -0.2) is 0 Å². The number of hydrogen-bond donors (Lipinski definition) is 8. The maximum absolute atomic E-state index is 13.2. The first-order valence-electron chi connectivity index (χ1n) is 9.91. The van der Waals surface area contributed by atoms with Crippen LogP contribution < -0.4 is 15.5 Å². The van der Waals surface area contributed by atoms with Gasteiger partial charge in [-0.05, 0) is 67.8 Å². The van der Waals surface area contributed by atoms with Gasteiger partial charge in [-0.3, -0.25) is 14.4 Å². The van der Waals surface area contributed by atoms with Gasteiger partial charge < -0.3 is 46.2 Å². The predicted molar refractivity (Wildman–Crippen MR) is 147 cm³/mol. The summed E-state index contributed by atoms with van der Waals surface area (Å²) in [7, 11) is 0. The predicted octanol–water partition coefficient (Wildman–Crippen LogP) is -1.77. The maximum atomic E-state index is 13.2. The lowest BCUT2D eigenvalue weighted by atomic mass is 10.0. The molecule has 0 aliphatic carbocycles. The lowest BCUT2D eigenvalue weighted by molar-refractivity contribution is -0.125. The summed E-state index contributed by atoms with van der Waals surface area (Å²) in [6.07, 6.45) is -1.40. The molecule has 1 aromatic rings. The second-order valence-electron chi connectivity index (χ2n) is 6.85. The summed E-state index contributed by atoms with van der Waals surface area (Å²) >= 11 is 5.45. The molecule has 0 spiro atoms. The average Bonchev–Trinajstić information content (AvgIpc) is 2.80. The van der Waals surface area contributed by atoms with Crippen molar-refractivity contribution in [1.82, 2.24) is 10.6 Å². The average molecular weight is 821 g/mol. The number of halogens is 3. The molecular weight excluding hydrogens is 795 g/mol. The molecule has 3 amide bonds. The second-order valence-corrected chi connectivity index (χ2v) is 10.1. The van der Waals surface area contributed by atoms with E-state index < -0.39 is 56.1 Å². The molecule has 0 saturated carbocycles. The molecule has 0 aliphatic rings. The van der Waals surface area contributed by atoms with Gasteiger partial charge in [0.1, 0.15) is 0 Å². The Bertz CT molecular complexity index is 837. The van der Waals surface area contributed by atoms with Gasteiger partial charge in [0.2, 0.25) is 5.91 Å². The van der Waals surface area contributed by atoms with Crippen LogP contribution in [0.25, 0.3) is 0 Å². The van der Waals surface area contributed by atoms with Crippen molar-refractivity contribution in [3.05, 3.63) is 21.8 Å². The van der Waals surface area contributed by atoms with Crippen molar-refractivity contribution in [3.8, 4) is 0 Å². The number of carbonyl (C=O) groups is 3. The van der Waals surface area contributed by atoms with E-state index in [-0.39, 0.29) is 53.8 Å². The Balaban J connectivity index is 3.93. The molecule has 1 rings (SSSR count). The van der Waals surface area contributed by atoms with Crippen LogP contribution in [-0.4, -0.2) is 107 Å². The van der Waals surface area contributed by atoms with Crippen LogP contribution in [0.3, 0.4) is 0 Å². The van der Waals surface area contributed by atoms with Crippen LogP contribution >= 0.6 is 67.8 Å². The van der Waals surface area contributed by atoms with E-state index in [1.54, 1.807) is 0 Å². The molecule has 0 bridgehead atoms. The van der Waals surface area contributed by atoms with Crippen molar-refractivity contribution < 1.29 is 45.0 Å². The fourth-order valence-electron chi connectivity index (χ4n) is 2.80. The number of aliphatic hydroxyl groups is 6. The number of carbonyl (C=O) groups excluding carboxylic acids is 3. The van der Waals surface area contributed by atoms with Gasteiger partial charge in [-0.15, -0.1) is 0 Å². The van der Waals surface area contributed by atoms with E-state index in [1.165, 1.54) is 0 Å². The highest BCUT2D eigenvalue weighted by atomic mass is 127.